The SMILES string of the molecule is COC(=O)CCCOc1ccc(O)cc1. The first kappa shape index (κ1) is 11.4. The van der Waals surface area contributed by atoms with E-state index in [2.05, 4.69) is 4.74 Å². The van der Waals surface area contributed by atoms with Gasteiger partial charge in [0.15, 0.2) is 0 Å². The molecule has 4 nitrogen and oxygen atoms in total. The summed E-state index contributed by atoms with van der Waals surface area (Å²) in [7, 11) is 1.36. The van der Waals surface area contributed by atoms with Crippen LogP contribution >= 0.6 is 0 Å². The van der Waals surface area contributed by atoms with Crippen molar-refractivity contribution in [2.45, 2.75) is 12.8 Å². The Bertz CT molecular complexity index is 305. The molecular weight excluding hydrogens is 196 g/mol. The molecule has 1 N–H and O–H groups in total. The minimum Gasteiger partial charge on any atom is -0.508 e. The van der Waals surface area contributed by atoms with Crippen LogP contribution < -0.4 is 4.74 Å². The summed E-state index contributed by atoms with van der Waals surface area (Å²) in [4.78, 5) is 10.8. The third-order valence-corrected chi connectivity index (χ3v) is 1.86. The molecule has 0 aliphatic rings. The van der Waals surface area contributed by atoms with Crippen molar-refractivity contribution in [2.75, 3.05) is 13.7 Å². The number of phenols is 1. The minimum absolute atomic E-state index is 0.205. The molecule has 0 aromatic heterocycles. The number of methoxy groups -OCH3 is 1. The Hall–Kier alpha value is -1.71. The number of carbonyl (C=O) groups excluding carboxylic acids is 1. The molecule has 15 heavy (non-hydrogen) atoms. The average molecular weight is 210 g/mol. The van der Waals surface area contributed by atoms with E-state index in [1.54, 1.807) is 24.3 Å². The first-order valence-electron chi connectivity index (χ1n) is 4.71. The monoisotopic (exact) mass is 210 g/mol. The number of carbonyl (C=O) groups is 1. The van der Waals surface area contributed by atoms with Gasteiger partial charge in [-0.3, -0.25) is 4.79 Å². The van der Waals surface area contributed by atoms with E-state index in [4.69, 9.17) is 9.84 Å². The number of rotatable bonds is 5. The number of phenolic OH excluding ortho intramolecular Hbond substituents is 1. The second kappa shape index (κ2) is 5.90. The second-order valence-corrected chi connectivity index (χ2v) is 3.02. The third kappa shape index (κ3) is 4.35. The fraction of sp³-hybridized carbons (Fsp3) is 0.364. The predicted octanol–water partition coefficient (Wildman–Crippen LogP) is 1.72. The van der Waals surface area contributed by atoms with Crippen LogP contribution in [0.25, 0.3) is 0 Å². The van der Waals surface area contributed by atoms with Gasteiger partial charge in [0.25, 0.3) is 0 Å². The molecule has 0 unspecified atom stereocenters. The van der Waals surface area contributed by atoms with Gasteiger partial charge in [-0.2, -0.15) is 0 Å². The highest BCUT2D eigenvalue weighted by Gasteiger charge is 2.00. The standard InChI is InChI=1S/C11H14O4/c1-14-11(13)3-2-8-15-10-6-4-9(12)5-7-10/h4-7,12H,2-3,8H2,1H3. The number of benzene rings is 1. The number of aromatic hydroxyl groups is 1. The maximum Gasteiger partial charge on any atom is 0.305 e. The lowest BCUT2D eigenvalue weighted by molar-refractivity contribution is -0.140. The molecule has 0 aliphatic carbocycles. The van der Waals surface area contributed by atoms with Gasteiger partial charge in [0.2, 0.25) is 0 Å². The van der Waals surface area contributed by atoms with Crippen molar-refractivity contribution in [3.63, 3.8) is 0 Å². The molecule has 0 bridgehead atoms. The molecule has 0 saturated carbocycles. The van der Waals surface area contributed by atoms with Gasteiger partial charge in [-0.05, 0) is 30.7 Å². The second-order valence-electron chi connectivity index (χ2n) is 3.02. The molecule has 0 radical (unpaired) electrons. The third-order valence-electron chi connectivity index (χ3n) is 1.86. The molecule has 1 aromatic carbocycles. The Morgan fingerprint density at radius 1 is 1.33 bits per heavy atom. The minimum atomic E-state index is -0.232. The zero-order chi connectivity index (χ0) is 11.1. The van der Waals surface area contributed by atoms with Gasteiger partial charge in [0.05, 0.1) is 13.7 Å². The Balaban J connectivity index is 2.20. The molecule has 0 saturated heterocycles. The lowest BCUT2D eigenvalue weighted by Gasteiger charge is -2.05. The Kier molecular flexibility index (Phi) is 4.47. The van der Waals surface area contributed by atoms with Crippen molar-refractivity contribution in [1.29, 1.82) is 0 Å². The maximum absolute atomic E-state index is 10.8. The van der Waals surface area contributed by atoms with Gasteiger partial charge < -0.3 is 14.6 Å². The number of hydrogen-bond acceptors (Lipinski definition) is 4. The fourth-order valence-electron chi connectivity index (χ4n) is 1.05. The number of hydrogen-bond donors (Lipinski definition) is 1. The van der Waals surface area contributed by atoms with E-state index >= 15 is 0 Å². The van der Waals surface area contributed by atoms with Crippen LogP contribution in [-0.4, -0.2) is 24.8 Å². The van der Waals surface area contributed by atoms with Crippen LogP contribution in [0, 0.1) is 0 Å². The first-order valence-corrected chi connectivity index (χ1v) is 4.71. The van der Waals surface area contributed by atoms with E-state index in [1.165, 1.54) is 7.11 Å². The van der Waals surface area contributed by atoms with Gasteiger partial charge in [-0.25, -0.2) is 0 Å². The summed E-state index contributed by atoms with van der Waals surface area (Å²) in [6.07, 6.45) is 0.974. The van der Waals surface area contributed by atoms with Crippen LogP contribution in [0.4, 0.5) is 0 Å². The molecule has 1 aromatic rings. The molecule has 0 atom stereocenters. The summed E-state index contributed by atoms with van der Waals surface area (Å²) < 4.78 is 9.83. The molecule has 0 spiro atoms. The fourth-order valence-corrected chi connectivity index (χ4v) is 1.05. The van der Waals surface area contributed by atoms with Gasteiger partial charge in [0.1, 0.15) is 11.5 Å². The van der Waals surface area contributed by atoms with Crippen LogP contribution in [0.3, 0.4) is 0 Å². The smallest absolute Gasteiger partial charge is 0.305 e. The highest BCUT2D eigenvalue weighted by Crippen LogP contribution is 2.15. The molecule has 1 rings (SSSR count). The Morgan fingerprint density at radius 2 is 2.00 bits per heavy atom. The molecule has 0 fully saturated rings. The molecule has 0 amide bonds. The zero-order valence-electron chi connectivity index (χ0n) is 8.60. The van der Waals surface area contributed by atoms with Crippen LogP contribution in [0.5, 0.6) is 11.5 Å². The Labute approximate surface area is 88.4 Å². The molecular formula is C11H14O4. The average Bonchev–Trinajstić information content (AvgIpc) is 2.26. The van der Waals surface area contributed by atoms with Crippen LogP contribution in [0.1, 0.15) is 12.8 Å². The summed E-state index contributed by atoms with van der Waals surface area (Å²) in [6.45, 7) is 0.458. The number of esters is 1. The summed E-state index contributed by atoms with van der Waals surface area (Å²) in [5.74, 6) is 0.652. The van der Waals surface area contributed by atoms with Gasteiger partial charge in [0, 0.05) is 6.42 Å². The van der Waals surface area contributed by atoms with E-state index in [-0.39, 0.29) is 11.7 Å². The summed E-state index contributed by atoms with van der Waals surface area (Å²) in [6, 6.07) is 6.45. The Morgan fingerprint density at radius 3 is 2.60 bits per heavy atom. The molecule has 4 heteroatoms. The zero-order valence-corrected chi connectivity index (χ0v) is 8.60. The van der Waals surface area contributed by atoms with Crippen molar-refractivity contribution in [2.24, 2.45) is 0 Å². The summed E-state index contributed by atoms with van der Waals surface area (Å²) in [5.41, 5.74) is 0. The largest absolute Gasteiger partial charge is 0.508 e. The lowest BCUT2D eigenvalue weighted by Crippen LogP contribution is -2.04. The van der Waals surface area contributed by atoms with Gasteiger partial charge in [-0.15, -0.1) is 0 Å². The van der Waals surface area contributed by atoms with E-state index in [9.17, 15) is 4.79 Å². The highest BCUT2D eigenvalue weighted by molar-refractivity contribution is 5.68. The van der Waals surface area contributed by atoms with Gasteiger partial charge in [-0.1, -0.05) is 0 Å². The van der Waals surface area contributed by atoms with E-state index in [0.717, 1.165) is 0 Å². The molecule has 82 valence electrons. The van der Waals surface area contributed by atoms with Crippen molar-refractivity contribution in [3.05, 3.63) is 24.3 Å². The van der Waals surface area contributed by atoms with Crippen molar-refractivity contribution in [3.8, 4) is 11.5 Å². The summed E-state index contributed by atoms with van der Waals surface area (Å²) >= 11 is 0. The van der Waals surface area contributed by atoms with Crippen molar-refractivity contribution in [1.82, 2.24) is 0 Å². The van der Waals surface area contributed by atoms with Crippen molar-refractivity contribution < 1.29 is 19.4 Å². The van der Waals surface area contributed by atoms with Crippen LogP contribution in [0.2, 0.25) is 0 Å². The lowest BCUT2D eigenvalue weighted by atomic mass is 10.3. The van der Waals surface area contributed by atoms with Crippen molar-refractivity contribution >= 4 is 5.97 Å². The van der Waals surface area contributed by atoms with E-state index < -0.39 is 0 Å². The maximum atomic E-state index is 10.8. The normalized spacial score (nSPS) is 9.67. The highest BCUT2D eigenvalue weighted by atomic mass is 16.5. The van der Waals surface area contributed by atoms with Crippen LogP contribution in [-0.2, 0) is 9.53 Å². The summed E-state index contributed by atoms with van der Waals surface area (Å²) in [5, 5.41) is 9.02. The topological polar surface area (TPSA) is 55.8 Å². The molecule has 0 aliphatic heterocycles. The van der Waals surface area contributed by atoms with E-state index in [0.29, 0.717) is 25.2 Å². The first-order chi connectivity index (χ1) is 7.22. The van der Waals surface area contributed by atoms with Gasteiger partial charge >= 0.3 is 5.97 Å². The van der Waals surface area contributed by atoms with E-state index in [1.807, 2.05) is 0 Å². The predicted molar refractivity (Wildman–Crippen MR) is 54.9 cm³/mol. The number of ether oxygens (including phenoxy) is 2. The van der Waals surface area contributed by atoms with Crippen LogP contribution in [0.15, 0.2) is 24.3 Å². The quantitative estimate of drug-likeness (QED) is 0.594. The molecule has 0 heterocycles.